The van der Waals surface area contributed by atoms with Crippen LogP contribution in [0.3, 0.4) is 0 Å². The highest BCUT2D eigenvalue weighted by molar-refractivity contribution is 7.92. The molecule has 0 saturated heterocycles. The van der Waals surface area contributed by atoms with Crippen LogP contribution in [0.2, 0.25) is 10.0 Å². The fourth-order valence-electron chi connectivity index (χ4n) is 3.95. The van der Waals surface area contributed by atoms with E-state index in [4.69, 9.17) is 23.2 Å². The number of sulfonamides is 1. The number of anilines is 1. The van der Waals surface area contributed by atoms with Crippen molar-refractivity contribution < 1.29 is 18.0 Å². The SMILES string of the molecule is CC(C)CNC(=O)C(C)N(CCc1ccccc1)C(=O)CN(c1cc(Cl)cc(Cl)c1)S(=O)(=O)c1ccccc1. The maximum absolute atomic E-state index is 13.9. The Bertz CT molecular complexity index is 1350. The van der Waals surface area contributed by atoms with Crippen molar-refractivity contribution in [2.75, 3.05) is 23.9 Å². The highest BCUT2D eigenvalue weighted by Gasteiger charge is 2.32. The van der Waals surface area contributed by atoms with Crippen molar-refractivity contribution in [2.24, 2.45) is 5.92 Å². The zero-order valence-electron chi connectivity index (χ0n) is 22.2. The van der Waals surface area contributed by atoms with Crippen molar-refractivity contribution in [2.45, 2.75) is 38.1 Å². The zero-order valence-corrected chi connectivity index (χ0v) is 24.5. The third kappa shape index (κ3) is 8.46. The normalized spacial score (nSPS) is 12.2. The Morgan fingerprint density at radius 1 is 0.872 bits per heavy atom. The van der Waals surface area contributed by atoms with Gasteiger partial charge < -0.3 is 10.2 Å². The first-order chi connectivity index (χ1) is 18.5. The molecule has 10 heteroatoms. The fraction of sp³-hybridized carbons (Fsp3) is 0.310. The van der Waals surface area contributed by atoms with Crippen LogP contribution >= 0.6 is 23.2 Å². The van der Waals surface area contributed by atoms with E-state index in [0.29, 0.717) is 13.0 Å². The van der Waals surface area contributed by atoms with Crippen LogP contribution in [-0.4, -0.2) is 50.8 Å². The van der Waals surface area contributed by atoms with Gasteiger partial charge in [0.25, 0.3) is 10.0 Å². The highest BCUT2D eigenvalue weighted by Crippen LogP contribution is 2.30. The van der Waals surface area contributed by atoms with E-state index in [1.54, 1.807) is 25.1 Å². The van der Waals surface area contributed by atoms with Crippen molar-refractivity contribution in [1.29, 1.82) is 0 Å². The van der Waals surface area contributed by atoms with Crippen molar-refractivity contribution in [1.82, 2.24) is 10.2 Å². The molecule has 0 spiro atoms. The molecule has 3 rings (SSSR count). The van der Waals surface area contributed by atoms with E-state index in [2.05, 4.69) is 5.32 Å². The van der Waals surface area contributed by atoms with Crippen LogP contribution in [-0.2, 0) is 26.0 Å². The van der Waals surface area contributed by atoms with E-state index in [-0.39, 0.29) is 39.0 Å². The third-order valence-electron chi connectivity index (χ3n) is 6.08. The van der Waals surface area contributed by atoms with Crippen LogP contribution < -0.4 is 9.62 Å². The molecule has 0 radical (unpaired) electrons. The van der Waals surface area contributed by atoms with Gasteiger partial charge in [0, 0.05) is 23.1 Å². The molecule has 39 heavy (non-hydrogen) atoms. The van der Waals surface area contributed by atoms with E-state index in [1.165, 1.54) is 35.2 Å². The molecule has 1 unspecified atom stereocenters. The van der Waals surface area contributed by atoms with E-state index < -0.39 is 28.5 Å². The summed E-state index contributed by atoms with van der Waals surface area (Å²) < 4.78 is 28.5. The standard InChI is InChI=1S/C29H33Cl2N3O4S/c1-21(2)19-32-29(36)22(3)33(15-14-23-10-6-4-7-11-23)28(35)20-34(26-17-24(30)16-25(31)18-26)39(37,38)27-12-8-5-9-13-27/h4-13,16-18,21-22H,14-15,19-20H2,1-3H3,(H,32,36). The third-order valence-corrected chi connectivity index (χ3v) is 8.31. The number of hydrogen-bond donors (Lipinski definition) is 1. The molecule has 7 nitrogen and oxygen atoms in total. The van der Waals surface area contributed by atoms with Gasteiger partial charge in [-0.25, -0.2) is 8.42 Å². The monoisotopic (exact) mass is 589 g/mol. The first-order valence-corrected chi connectivity index (χ1v) is 14.8. The van der Waals surface area contributed by atoms with Gasteiger partial charge in [-0.15, -0.1) is 0 Å². The number of halogens is 2. The molecule has 1 N–H and O–H groups in total. The molecule has 0 bridgehead atoms. The molecule has 0 saturated carbocycles. The molecule has 0 aromatic heterocycles. The number of amides is 2. The topological polar surface area (TPSA) is 86.8 Å². The molecule has 208 valence electrons. The van der Waals surface area contributed by atoms with Gasteiger partial charge in [0.1, 0.15) is 12.6 Å². The zero-order chi connectivity index (χ0) is 28.6. The van der Waals surface area contributed by atoms with Gasteiger partial charge in [-0.3, -0.25) is 13.9 Å². The minimum Gasteiger partial charge on any atom is -0.354 e. The largest absolute Gasteiger partial charge is 0.354 e. The van der Waals surface area contributed by atoms with Gasteiger partial charge in [-0.1, -0.05) is 85.6 Å². The summed E-state index contributed by atoms with van der Waals surface area (Å²) in [6, 6.07) is 20.9. The summed E-state index contributed by atoms with van der Waals surface area (Å²) in [5.41, 5.74) is 1.13. The Labute approximate surface area is 240 Å². The van der Waals surface area contributed by atoms with Gasteiger partial charge in [-0.05, 0) is 55.2 Å². The van der Waals surface area contributed by atoms with Crippen LogP contribution in [0, 0.1) is 5.92 Å². The fourth-order valence-corrected chi connectivity index (χ4v) is 5.89. The second-order valence-electron chi connectivity index (χ2n) is 9.59. The van der Waals surface area contributed by atoms with Gasteiger partial charge >= 0.3 is 0 Å². The lowest BCUT2D eigenvalue weighted by Crippen LogP contribution is -2.52. The van der Waals surface area contributed by atoms with E-state index in [0.717, 1.165) is 9.87 Å². The number of rotatable bonds is 12. The van der Waals surface area contributed by atoms with Crippen molar-refractivity contribution in [3.05, 3.63) is 94.5 Å². The van der Waals surface area contributed by atoms with Crippen LogP contribution in [0.15, 0.2) is 83.8 Å². The molecular weight excluding hydrogens is 557 g/mol. The first kappa shape index (κ1) is 30.5. The molecule has 0 fully saturated rings. The minimum atomic E-state index is -4.18. The summed E-state index contributed by atoms with van der Waals surface area (Å²) in [6.07, 6.45) is 0.489. The van der Waals surface area contributed by atoms with E-state index >= 15 is 0 Å². The van der Waals surface area contributed by atoms with Crippen LogP contribution in [0.1, 0.15) is 26.3 Å². The number of nitrogens with zero attached hydrogens (tertiary/aromatic N) is 2. The smallest absolute Gasteiger partial charge is 0.264 e. The Kier molecular flexibility index (Phi) is 10.8. The lowest BCUT2D eigenvalue weighted by Gasteiger charge is -2.32. The van der Waals surface area contributed by atoms with E-state index in [1.807, 2.05) is 44.2 Å². The average Bonchev–Trinajstić information content (AvgIpc) is 2.90. The second kappa shape index (κ2) is 13.8. The maximum atomic E-state index is 13.9. The Morgan fingerprint density at radius 2 is 1.44 bits per heavy atom. The quantitative estimate of drug-likeness (QED) is 0.305. The Morgan fingerprint density at radius 3 is 2.00 bits per heavy atom. The van der Waals surface area contributed by atoms with Crippen molar-refractivity contribution >= 4 is 50.7 Å². The number of nitrogens with one attached hydrogen (secondary N) is 1. The second-order valence-corrected chi connectivity index (χ2v) is 12.3. The summed E-state index contributed by atoms with van der Waals surface area (Å²) >= 11 is 12.4. The molecule has 3 aromatic carbocycles. The molecule has 1 atom stereocenters. The Balaban J connectivity index is 1.98. The lowest BCUT2D eigenvalue weighted by atomic mass is 10.1. The lowest BCUT2D eigenvalue weighted by molar-refractivity contribution is -0.138. The minimum absolute atomic E-state index is 0.00691. The molecule has 0 aliphatic carbocycles. The van der Waals surface area contributed by atoms with Gasteiger partial charge in [-0.2, -0.15) is 0 Å². The average molecular weight is 591 g/mol. The predicted molar refractivity (Wildman–Crippen MR) is 157 cm³/mol. The predicted octanol–water partition coefficient (Wildman–Crippen LogP) is 5.42. The van der Waals surface area contributed by atoms with Crippen LogP contribution in [0.25, 0.3) is 0 Å². The number of hydrogen-bond acceptors (Lipinski definition) is 4. The van der Waals surface area contributed by atoms with Gasteiger partial charge in [0.05, 0.1) is 10.6 Å². The van der Waals surface area contributed by atoms with Crippen molar-refractivity contribution in [3.63, 3.8) is 0 Å². The summed E-state index contributed by atoms with van der Waals surface area (Å²) in [5, 5.41) is 3.32. The van der Waals surface area contributed by atoms with E-state index in [9.17, 15) is 18.0 Å². The molecular formula is C29H33Cl2N3O4S. The van der Waals surface area contributed by atoms with Crippen LogP contribution in [0.5, 0.6) is 0 Å². The Hall–Kier alpha value is -3.07. The summed E-state index contributed by atoms with van der Waals surface area (Å²) in [5.74, 6) is -0.615. The molecule has 0 aliphatic rings. The maximum Gasteiger partial charge on any atom is 0.264 e. The summed E-state index contributed by atoms with van der Waals surface area (Å²) in [7, 11) is -4.18. The summed E-state index contributed by atoms with van der Waals surface area (Å²) in [6.45, 7) is 5.72. The summed E-state index contributed by atoms with van der Waals surface area (Å²) in [4.78, 5) is 28.3. The number of benzene rings is 3. The first-order valence-electron chi connectivity index (χ1n) is 12.6. The van der Waals surface area contributed by atoms with Crippen molar-refractivity contribution in [3.8, 4) is 0 Å². The molecule has 2 amide bonds. The van der Waals surface area contributed by atoms with Gasteiger partial charge in [0.15, 0.2) is 0 Å². The molecule has 0 aliphatic heterocycles. The molecule has 0 heterocycles. The highest BCUT2D eigenvalue weighted by atomic mass is 35.5. The molecule has 3 aromatic rings. The van der Waals surface area contributed by atoms with Gasteiger partial charge in [0.2, 0.25) is 11.8 Å². The number of carbonyl (C=O) groups is 2. The number of carbonyl (C=O) groups excluding carboxylic acids is 2. The van der Waals surface area contributed by atoms with Crippen LogP contribution in [0.4, 0.5) is 5.69 Å².